The average molecular weight is 344 g/mol. The highest BCUT2D eigenvalue weighted by Crippen LogP contribution is 2.38. The van der Waals surface area contributed by atoms with Gasteiger partial charge in [-0.1, -0.05) is 13.3 Å². The molecule has 0 bridgehead atoms. The van der Waals surface area contributed by atoms with Crippen LogP contribution in [-0.2, 0) is 6.54 Å². The molecule has 1 N–H and O–H groups in total. The summed E-state index contributed by atoms with van der Waals surface area (Å²) in [6, 6.07) is 0. The normalized spacial score (nSPS) is 21.6. The highest BCUT2D eigenvalue weighted by molar-refractivity contribution is 9.10. The van der Waals surface area contributed by atoms with Gasteiger partial charge in [0.2, 0.25) is 0 Å². The van der Waals surface area contributed by atoms with Gasteiger partial charge in [-0.25, -0.2) is 0 Å². The summed E-state index contributed by atoms with van der Waals surface area (Å²) >= 11 is 3.54. The monoisotopic (exact) mass is 343 g/mol. The second-order valence-corrected chi connectivity index (χ2v) is 6.71. The fourth-order valence-corrected chi connectivity index (χ4v) is 3.70. The summed E-state index contributed by atoms with van der Waals surface area (Å²) in [7, 11) is 0. The first-order valence-corrected chi connectivity index (χ1v) is 8.48. The van der Waals surface area contributed by atoms with Gasteiger partial charge in [-0.05, 0) is 62.1 Å². The lowest BCUT2D eigenvalue weighted by Gasteiger charge is -2.46. The molecule has 20 heavy (non-hydrogen) atoms. The van der Waals surface area contributed by atoms with Gasteiger partial charge in [-0.15, -0.1) is 0 Å². The van der Waals surface area contributed by atoms with Crippen LogP contribution >= 0.6 is 15.9 Å². The zero-order chi connectivity index (χ0) is 14.8. The van der Waals surface area contributed by atoms with E-state index >= 15 is 0 Å². The lowest BCUT2D eigenvalue weighted by Crippen LogP contribution is -2.52. The molecule has 1 aliphatic rings. The molecule has 0 radical (unpaired) electrons. The molecule has 0 spiro atoms. The number of nitrogens with zero attached hydrogens (tertiary/aromatic N) is 3. The number of hydrogen-bond acceptors (Lipinski definition) is 3. The number of hydrogen-bond donors (Lipinski definition) is 1. The molecule has 2 unspecified atom stereocenters. The Bertz CT molecular complexity index is 442. The number of aliphatic hydroxyl groups is 1. The van der Waals surface area contributed by atoms with Crippen LogP contribution in [0, 0.1) is 0 Å². The summed E-state index contributed by atoms with van der Waals surface area (Å²) in [5.41, 5.74) is 0.679. The van der Waals surface area contributed by atoms with Crippen molar-refractivity contribution in [1.29, 1.82) is 0 Å². The molecule has 2 rings (SSSR count). The van der Waals surface area contributed by atoms with Crippen LogP contribution in [0.1, 0.15) is 58.3 Å². The van der Waals surface area contributed by atoms with Crippen molar-refractivity contribution in [3.05, 3.63) is 16.4 Å². The average Bonchev–Trinajstić information content (AvgIpc) is 2.87. The van der Waals surface area contributed by atoms with Crippen LogP contribution in [-0.4, -0.2) is 38.4 Å². The molecule has 1 aromatic heterocycles. The summed E-state index contributed by atoms with van der Waals surface area (Å²) in [5.74, 6) is 0. The van der Waals surface area contributed by atoms with Gasteiger partial charge in [0.05, 0.1) is 16.4 Å². The van der Waals surface area contributed by atoms with Gasteiger partial charge in [-0.2, -0.15) is 5.10 Å². The van der Waals surface area contributed by atoms with Gasteiger partial charge < -0.3 is 5.11 Å². The first-order valence-electron chi connectivity index (χ1n) is 7.69. The van der Waals surface area contributed by atoms with E-state index in [0.29, 0.717) is 0 Å². The maximum absolute atomic E-state index is 11.0. The minimum Gasteiger partial charge on any atom is -0.385 e. The minimum absolute atomic E-state index is 0.226. The highest BCUT2D eigenvalue weighted by atomic mass is 79.9. The number of rotatable bonds is 5. The largest absolute Gasteiger partial charge is 0.385 e. The Balaban J connectivity index is 2.31. The molecule has 0 aromatic carbocycles. The highest BCUT2D eigenvalue weighted by Gasteiger charge is 2.40. The summed E-state index contributed by atoms with van der Waals surface area (Å²) in [5, 5.41) is 15.4. The number of aryl methyl sites for hydroxylation is 1. The van der Waals surface area contributed by atoms with E-state index in [-0.39, 0.29) is 5.54 Å². The Labute approximate surface area is 130 Å². The minimum atomic E-state index is -0.526. The lowest BCUT2D eigenvalue weighted by atomic mass is 9.85. The van der Waals surface area contributed by atoms with Crippen LogP contribution in [0.15, 0.2) is 10.7 Å². The second kappa shape index (κ2) is 6.58. The molecule has 4 nitrogen and oxygen atoms in total. The van der Waals surface area contributed by atoms with Gasteiger partial charge in [-0.3, -0.25) is 9.58 Å². The fourth-order valence-electron chi connectivity index (χ4n) is 3.18. The van der Waals surface area contributed by atoms with Crippen molar-refractivity contribution in [3.8, 4) is 0 Å². The van der Waals surface area contributed by atoms with E-state index in [1.165, 1.54) is 19.3 Å². The molecule has 2 heterocycles. The molecule has 1 saturated heterocycles. The lowest BCUT2D eigenvalue weighted by molar-refractivity contribution is -0.0395. The van der Waals surface area contributed by atoms with Gasteiger partial charge in [0.1, 0.15) is 6.10 Å². The van der Waals surface area contributed by atoms with Gasteiger partial charge in [0.15, 0.2) is 0 Å². The molecule has 0 aliphatic carbocycles. The third-order valence-corrected chi connectivity index (χ3v) is 5.39. The van der Waals surface area contributed by atoms with Crippen LogP contribution < -0.4 is 0 Å². The Morgan fingerprint density at radius 2 is 2.00 bits per heavy atom. The van der Waals surface area contributed by atoms with Crippen molar-refractivity contribution in [1.82, 2.24) is 14.7 Å². The van der Waals surface area contributed by atoms with Crippen molar-refractivity contribution < 1.29 is 5.11 Å². The fraction of sp³-hybridized carbons (Fsp3) is 0.800. The molecule has 114 valence electrons. The van der Waals surface area contributed by atoms with Crippen molar-refractivity contribution in [2.75, 3.05) is 13.1 Å². The third-order valence-electron chi connectivity index (χ3n) is 4.78. The summed E-state index contributed by atoms with van der Waals surface area (Å²) < 4.78 is 2.80. The smallest absolute Gasteiger partial charge is 0.115 e. The maximum atomic E-state index is 11.0. The second-order valence-electron chi connectivity index (χ2n) is 5.85. The summed E-state index contributed by atoms with van der Waals surface area (Å²) in [6.07, 6.45) is 5.96. The maximum Gasteiger partial charge on any atom is 0.115 e. The number of aromatic nitrogens is 2. The van der Waals surface area contributed by atoms with Crippen molar-refractivity contribution in [2.24, 2.45) is 0 Å². The predicted octanol–water partition coefficient (Wildman–Crippen LogP) is 3.35. The quantitative estimate of drug-likeness (QED) is 0.891. The van der Waals surface area contributed by atoms with E-state index in [1.54, 1.807) is 6.20 Å². The third kappa shape index (κ3) is 2.81. The van der Waals surface area contributed by atoms with E-state index in [2.05, 4.69) is 46.7 Å². The molecule has 1 fully saturated rings. The van der Waals surface area contributed by atoms with E-state index < -0.39 is 6.10 Å². The Hall–Kier alpha value is -0.390. The Morgan fingerprint density at radius 1 is 1.35 bits per heavy atom. The first-order chi connectivity index (χ1) is 9.54. The zero-order valence-electron chi connectivity index (χ0n) is 12.8. The van der Waals surface area contributed by atoms with Gasteiger partial charge in [0.25, 0.3) is 0 Å². The SMILES string of the molecule is CCn1ncc(Br)c1C(O)C(C)(CC)N1CCCCC1. The topological polar surface area (TPSA) is 41.3 Å². The standard InChI is InChI=1S/C15H26BrN3O/c1-4-15(3,18-9-7-6-8-10-18)14(20)13-12(16)11-17-19(13)5-2/h11,14,20H,4-10H2,1-3H3. The van der Waals surface area contributed by atoms with Crippen molar-refractivity contribution >= 4 is 15.9 Å². The molecule has 2 atom stereocenters. The van der Waals surface area contributed by atoms with Crippen LogP contribution in [0.4, 0.5) is 0 Å². The molecular weight excluding hydrogens is 318 g/mol. The summed E-state index contributed by atoms with van der Waals surface area (Å²) in [6.45, 7) is 9.34. The van der Waals surface area contributed by atoms with Crippen molar-refractivity contribution in [2.45, 2.75) is 64.6 Å². The molecule has 1 aliphatic heterocycles. The Kier molecular flexibility index (Phi) is 5.26. The van der Waals surface area contributed by atoms with Gasteiger partial charge >= 0.3 is 0 Å². The molecular formula is C15H26BrN3O. The molecule has 0 saturated carbocycles. The van der Waals surface area contributed by atoms with E-state index in [0.717, 1.165) is 36.2 Å². The molecule has 0 amide bonds. The van der Waals surface area contributed by atoms with E-state index in [4.69, 9.17) is 0 Å². The number of aliphatic hydroxyl groups excluding tert-OH is 1. The van der Waals surface area contributed by atoms with E-state index in [1.807, 2.05) is 4.68 Å². The van der Waals surface area contributed by atoms with Crippen LogP contribution in [0.2, 0.25) is 0 Å². The molecule has 5 heteroatoms. The van der Waals surface area contributed by atoms with Crippen LogP contribution in [0.3, 0.4) is 0 Å². The van der Waals surface area contributed by atoms with Crippen molar-refractivity contribution in [3.63, 3.8) is 0 Å². The number of likely N-dealkylation sites (tertiary alicyclic amines) is 1. The molecule has 1 aromatic rings. The first kappa shape index (κ1) is 16.0. The van der Waals surface area contributed by atoms with Crippen LogP contribution in [0.5, 0.6) is 0 Å². The van der Waals surface area contributed by atoms with E-state index in [9.17, 15) is 5.11 Å². The summed E-state index contributed by atoms with van der Waals surface area (Å²) in [4.78, 5) is 2.46. The predicted molar refractivity (Wildman–Crippen MR) is 84.7 cm³/mol. The number of piperidine rings is 1. The zero-order valence-corrected chi connectivity index (χ0v) is 14.4. The Morgan fingerprint density at radius 3 is 2.55 bits per heavy atom. The van der Waals surface area contributed by atoms with Gasteiger partial charge in [0, 0.05) is 12.1 Å². The number of halogens is 1. The van der Waals surface area contributed by atoms with Crippen LogP contribution in [0.25, 0.3) is 0 Å².